The Kier molecular flexibility index (Phi) is 5.78. The fraction of sp³-hybridized carbons (Fsp3) is 0.458. The van der Waals surface area contributed by atoms with Gasteiger partial charge in [0.05, 0.1) is 13.2 Å². The molecule has 1 unspecified atom stereocenters. The topological polar surface area (TPSA) is 60.0 Å². The zero-order valence-electron chi connectivity index (χ0n) is 17.4. The van der Waals surface area contributed by atoms with E-state index in [2.05, 4.69) is 10.2 Å². The van der Waals surface area contributed by atoms with E-state index in [1.165, 1.54) is 25.1 Å². The standard InChI is InChI=1S/C24H27FN2O4/c25-19-4-1-16(2-5-19)13-29-14-21-15-30-23-10-18(3-6-22(23)31-21)24(28)26-20-9-17-7-8-27(11-17)12-20/h1-6,10,17,20-21H,7-9,11-15H2,(H,26,28)/t17-,20-,21+/m1/s1. The number of nitrogens with zero attached hydrogens (tertiary/aromatic N) is 1. The highest BCUT2D eigenvalue weighted by Crippen LogP contribution is 2.33. The van der Waals surface area contributed by atoms with E-state index < -0.39 is 0 Å². The summed E-state index contributed by atoms with van der Waals surface area (Å²) < 4.78 is 30.5. The summed E-state index contributed by atoms with van der Waals surface area (Å²) in [6.07, 6.45) is 2.07. The number of hydrogen-bond acceptors (Lipinski definition) is 5. The van der Waals surface area contributed by atoms with Gasteiger partial charge in [-0.3, -0.25) is 4.79 Å². The number of fused-ring (bicyclic) bond motifs is 3. The smallest absolute Gasteiger partial charge is 0.251 e. The molecule has 2 bridgehead atoms. The minimum atomic E-state index is -0.263. The SMILES string of the molecule is O=C(N[C@@H]1C[C@H]2CCN(C2)C1)c1ccc2c(c1)OC[C@H](COCc1ccc(F)cc1)O2. The number of hydrogen-bond donors (Lipinski definition) is 1. The minimum Gasteiger partial charge on any atom is -0.486 e. The Labute approximate surface area is 181 Å². The molecule has 2 fully saturated rings. The Morgan fingerprint density at radius 2 is 2.03 bits per heavy atom. The van der Waals surface area contributed by atoms with Gasteiger partial charge in [-0.2, -0.15) is 0 Å². The van der Waals surface area contributed by atoms with Crippen LogP contribution in [0.15, 0.2) is 42.5 Å². The van der Waals surface area contributed by atoms with Crippen molar-refractivity contribution in [1.29, 1.82) is 0 Å². The van der Waals surface area contributed by atoms with E-state index in [-0.39, 0.29) is 23.9 Å². The first-order valence-corrected chi connectivity index (χ1v) is 10.9. The van der Waals surface area contributed by atoms with Crippen LogP contribution in [0.25, 0.3) is 0 Å². The molecule has 1 N–H and O–H groups in total. The van der Waals surface area contributed by atoms with Crippen molar-refractivity contribution in [2.45, 2.75) is 31.6 Å². The fourth-order valence-electron chi connectivity index (χ4n) is 4.66. The van der Waals surface area contributed by atoms with Crippen molar-refractivity contribution in [3.8, 4) is 11.5 Å². The van der Waals surface area contributed by atoms with Crippen molar-refractivity contribution in [3.63, 3.8) is 0 Å². The van der Waals surface area contributed by atoms with Crippen LogP contribution < -0.4 is 14.8 Å². The number of benzene rings is 2. The van der Waals surface area contributed by atoms with Crippen molar-refractivity contribution < 1.29 is 23.4 Å². The molecule has 4 atom stereocenters. The van der Waals surface area contributed by atoms with Crippen molar-refractivity contribution >= 4 is 5.91 Å². The number of piperidine rings is 1. The minimum absolute atomic E-state index is 0.0661. The third-order valence-electron chi connectivity index (χ3n) is 6.21. The molecule has 164 valence electrons. The van der Waals surface area contributed by atoms with Gasteiger partial charge in [-0.1, -0.05) is 12.1 Å². The molecule has 7 heteroatoms. The number of carbonyl (C=O) groups excluding carboxylic acids is 1. The lowest BCUT2D eigenvalue weighted by atomic mass is 9.96. The lowest BCUT2D eigenvalue weighted by Crippen LogP contribution is -2.47. The van der Waals surface area contributed by atoms with E-state index in [9.17, 15) is 9.18 Å². The Bertz CT molecular complexity index is 924. The van der Waals surface area contributed by atoms with Crippen LogP contribution in [-0.2, 0) is 11.3 Å². The number of carbonyl (C=O) groups is 1. The molecule has 31 heavy (non-hydrogen) atoms. The second-order valence-corrected chi connectivity index (χ2v) is 8.67. The van der Waals surface area contributed by atoms with Crippen LogP contribution in [0.3, 0.4) is 0 Å². The number of nitrogens with one attached hydrogen (secondary N) is 1. The first kappa shape index (κ1) is 20.3. The van der Waals surface area contributed by atoms with Gasteiger partial charge in [0.2, 0.25) is 0 Å². The molecule has 2 saturated heterocycles. The second kappa shape index (κ2) is 8.85. The summed E-state index contributed by atoms with van der Waals surface area (Å²) in [7, 11) is 0. The molecular formula is C24H27FN2O4. The zero-order valence-corrected chi connectivity index (χ0v) is 17.4. The van der Waals surface area contributed by atoms with E-state index >= 15 is 0 Å². The van der Waals surface area contributed by atoms with Crippen LogP contribution in [0.1, 0.15) is 28.8 Å². The number of rotatable bonds is 6. The summed E-state index contributed by atoms with van der Waals surface area (Å²) in [5.41, 5.74) is 1.48. The fourth-order valence-corrected chi connectivity index (χ4v) is 4.66. The quantitative estimate of drug-likeness (QED) is 0.770. The van der Waals surface area contributed by atoms with Crippen molar-refractivity contribution in [3.05, 3.63) is 59.4 Å². The third-order valence-corrected chi connectivity index (χ3v) is 6.21. The first-order valence-electron chi connectivity index (χ1n) is 10.9. The van der Waals surface area contributed by atoms with Crippen LogP contribution in [0.5, 0.6) is 11.5 Å². The van der Waals surface area contributed by atoms with Crippen LogP contribution in [0, 0.1) is 11.7 Å². The molecule has 2 aromatic rings. The number of halogens is 1. The lowest BCUT2D eigenvalue weighted by Gasteiger charge is -2.30. The van der Waals surface area contributed by atoms with Crippen LogP contribution in [0.4, 0.5) is 4.39 Å². The molecule has 1 amide bonds. The van der Waals surface area contributed by atoms with Gasteiger partial charge in [-0.05, 0) is 61.2 Å². The van der Waals surface area contributed by atoms with E-state index in [0.717, 1.165) is 25.1 Å². The van der Waals surface area contributed by atoms with Gasteiger partial charge >= 0.3 is 0 Å². The monoisotopic (exact) mass is 426 g/mol. The van der Waals surface area contributed by atoms with E-state index in [1.54, 1.807) is 30.3 Å². The molecule has 0 aromatic heterocycles. The Morgan fingerprint density at radius 1 is 1.16 bits per heavy atom. The van der Waals surface area contributed by atoms with E-state index in [1.807, 2.05) is 0 Å². The van der Waals surface area contributed by atoms with Gasteiger partial charge in [-0.25, -0.2) is 4.39 Å². The van der Waals surface area contributed by atoms with Gasteiger partial charge in [0.15, 0.2) is 17.6 Å². The predicted octanol–water partition coefficient (Wildman–Crippen LogP) is 3.01. The average molecular weight is 426 g/mol. The van der Waals surface area contributed by atoms with Gasteiger partial charge in [0, 0.05) is 24.7 Å². The summed E-state index contributed by atoms with van der Waals surface area (Å²) >= 11 is 0. The molecule has 3 aliphatic rings. The summed E-state index contributed by atoms with van der Waals surface area (Å²) in [6.45, 7) is 4.35. The normalized spacial score (nSPS) is 26.5. The van der Waals surface area contributed by atoms with Crippen LogP contribution in [-0.4, -0.2) is 55.8 Å². The maximum absolute atomic E-state index is 13.0. The average Bonchev–Trinajstić information content (AvgIpc) is 3.12. The summed E-state index contributed by atoms with van der Waals surface area (Å²) in [5.74, 6) is 1.57. The molecule has 5 rings (SSSR count). The van der Waals surface area contributed by atoms with Crippen LogP contribution in [0.2, 0.25) is 0 Å². The van der Waals surface area contributed by atoms with Crippen molar-refractivity contribution in [2.75, 3.05) is 32.8 Å². The first-order chi connectivity index (χ1) is 15.1. The summed E-state index contributed by atoms with van der Waals surface area (Å²) in [4.78, 5) is 15.2. The van der Waals surface area contributed by atoms with E-state index in [4.69, 9.17) is 14.2 Å². The zero-order chi connectivity index (χ0) is 21.2. The molecule has 0 saturated carbocycles. The Hall–Kier alpha value is -2.64. The maximum Gasteiger partial charge on any atom is 0.251 e. The maximum atomic E-state index is 13.0. The van der Waals surface area contributed by atoms with Crippen LogP contribution >= 0.6 is 0 Å². The highest BCUT2D eigenvalue weighted by molar-refractivity contribution is 5.95. The second-order valence-electron chi connectivity index (χ2n) is 8.67. The molecule has 3 heterocycles. The van der Waals surface area contributed by atoms with Crippen molar-refractivity contribution in [2.24, 2.45) is 5.92 Å². The highest BCUT2D eigenvalue weighted by atomic mass is 19.1. The molecule has 0 radical (unpaired) electrons. The summed E-state index contributed by atoms with van der Waals surface area (Å²) in [5, 5.41) is 3.18. The number of ether oxygens (including phenoxy) is 3. The van der Waals surface area contributed by atoms with Gasteiger partial charge in [0.1, 0.15) is 12.4 Å². The molecule has 0 aliphatic carbocycles. The molecule has 6 nitrogen and oxygen atoms in total. The highest BCUT2D eigenvalue weighted by Gasteiger charge is 2.33. The van der Waals surface area contributed by atoms with Gasteiger partial charge < -0.3 is 24.4 Å². The van der Waals surface area contributed by atoms with Gasteiger partial charge in [0.25, 0.3) is 5.91 Å². The molecule has 3 aliphatic heterocycles. The Morgan fingerprint density at radius 3 is 2.87 bits per heavy atom. The lowest BCUT2D eigenvalue weighted by molar-refractivity contribution is 0.00267. The largest absolute Gasteiger partial charge is 0.486 e. The molecule has 0 spiro atoms. The molecule has 2 aromatic carbocycles. The number of amides is 1. The molecular weight excluding hydrogens is 399 g/mol. The third kappa shape index (κ3) is 4.83. The summed E-state index contributed by atoms with van der Waals surface area (Å²) in [6, 6.07) is 11.7. The Balaban J connectivity index is 1.13. The predicted molar refractivity (Wildman–Crippen MR) is 113 cm³/mol. The van der Waals surface area contributed by atoms with Gasteiger partial charge in [-0.15, -0.1) is 0 Å². The van der Waals surface area contributed by atoms with Crippen molar-refractivity contribution in [1.82, 2.24) is 10.2 Å². The van der Waals surface area contributed by atoms with E-state index in [0.29, 0.717) is 42.8 Å².